The fourth-order valence-electron chi connectivity index (χ4n) is 3.06. The molecule has 0 aliphatic carbocycles. The van der Waals surface area contributed by atoms with Crippen LogP contribution < -0.4 is 0 Å². The van der Waals surface area contributed by atoms with Crippen LogP contribution in [0.2, 0.25) is 0 Å². The second kappa shape index (κ2) is 3.38. The maximum Gasteiger partial charge on any atom is 0.236 e. The Hall–Kier alpha value is -1.24. The Bertz CT molecular complexity index is 420. The van der Waals surface area contributed by atoms with Crippen molar-refractivity contribution in [2.24, 2.45) is 11.8 Å². The maximum absolute atomic E-state index is 12.1. The minimum Gasteiger partial charge on any atom is -0.395 e. The number of aliphatic hydroxyl groups is 2. The maximum atomic E-state index is 12.1. The van der Waals surface area contributed by atoms with E-state index >= 15 is 0 Å². The number of likely N-dealkylation sites (tertiary alicyclic amines) is 1. The summed E-state index contributed by atoms with van der Waals surface area (Å²) in [7, 11) is 0. The van der Waals surface area contributed by atoms with Gasteiger partial charge in [0.2, 0.25) is 11.8 Å². The molecule has 4 atom stereocenters. The van der Waals surface area contributed by atoms with Crippen molar-refractivity contribution in [1.82, 2.24) is 4.90 Å². The minimum absolute atomic E-state index is 0.0128. The van der Waals surface area contributed by atoms with E-state index in [1.807, 2.05) is 0 Å². The van der Waals surface area contributed by atoms with E-state index in [-0.39, 0.29) is 31.6 Å². The number of amides is 2. The molecule has 92 valence electrons. The lowest BCUT2D eigenvalue weighted by Gasteiger charge is -2.26. The SMILES string of the molecule is O=C1C2C3C=CC(CO)(O3)C2C(=O)N1CCO. The number of carbonyl (C=O) groups is 2. The highest BCUT2D eigenvalue weighted by Crippen LogP contribution is 2.51. The Kier molecular flexibility index (Phi) is 2.16. The third-order valence-electron chi connectivity index (χ3n) is 3.82. The number of β-amino-alcohol motifs (C(OH)–C–C–N with tert-alkyl or cyclic N) is 1. The van der Waals surface area contributed by atoms with Gasteiger partial charge in [-0.1, -0.05) is 12.2 Å². The number of imide groups is 1. The van der Waals surface area contributed by atoms with Gasteiger partial charge in [-0.25, -0.2) is 0 Å². The van der Waals surface area contributed by atoms with Crippen molar-refractivity contribution in [3.05, 3.63) is 12.2 Å². The second-order valence-corrected chi connectivity index (χ2v) is 4.61. The zero-order chi connectivity index (χ0) is 12.2. The van der Waals surface area contributed by atoms with Crippen molar-refractivity contribution in [1.29, 1.82) is 0 Å². The molecule has 0 aromatic heterocycles. The molecule has 17 heavy (non-hydrogen) atoms. The fraction of sp³-hybridized carbons (Fsp3) is 0.636. The molecular weight excluding hydrogens is 226 g/mol. The highest BCUT2D eigenvalue weighted by molar-refractivity contribution is 6.07. The third kappa shape index (κ3) is 1.15. The summed E-state index contributed by atoms with van der Waals surface area (Å²) in [4.78, 5) is 25.2. The number of hydrogen-bond donors (Lipinski definition) is 2. The summed E-state index contributed by atoms with van der Waals surface area (Å²) in [5.74, 6) is -1.83. The number of nitrogens with zero attached hydrogens (tertiary/aromatic N) is 1. The van der Waals surface area contributed by atoms with E-state index < -0.39 is 23.5 Å². The first-order chi connectivity index (χ1) is 8.14. The Morgan fingerprint density at radius 2 is 2.12 bits per heavy atom. The van der Waals surface area contributed by atoms with E-state index in [1.165, 1.54) is 0 Å². The van der Waals surface area contributed by atoms with Crippen LogP contribution in [0.3, 0.4) is 0 Å². The Morgan fingerprint density at radius 3 is 2.76 bits per heavy atom. The van der Waals surface area contributed by atoms with Crippen molar-refractivity contribution >= 4 is 11.8 Å². The number of hydrogen-bond acceptors (Lipinski definition) is 5. The standard InChI is InChI=1S/C11H13NO5/c13-4-3-12-9(15)7-6-1-2-11(5-14,17-6)8(7)10(12)16/h1-2,6-8,13-14H,3-5H2. The van der Waals surface area contributed by atoms with E-state index in [1.54, 1.807) is 12.2 Å². The molecule has 2 bridgehead atoms. The van der Waals surface area contributed by atoms with Crippen LogP contribution >= 0.6 is 0 Å². The van der Waals surface area contributed by atoms with Gasteiger partial charge in [0.1, 0.15) is 5.60 Å². The Morgan fingerprint density at radius 1 is 1.35 bits per heavy atom. The van der Waals surface area contributed by atoms with Crippen molar-refractivity contribution < 1.29 is 24.5 Å². The largest absolute Gasteiger partial charge is 0.395 e. The van der Waals surface area contributed by atoms with Crippen molar-refractivity contribution in [3.8, 4) is 0 Å². The second-order valence-electron chi connectivity index (χ2n) is 4.61. The first kappa shape index (κ1) is 10.9. The molecule has 2 amide bonds. The molecule has 0 aromatic rings. The molecule has 3 heterocycles. The van der Waals surface area contributed by atoms with Crippen LogP contribution in [0.4, 0.5) is 0 Å². The van der Waals surface area contributed by atoms with Gasteiger partial charge in [-0.2, -0.15) is 0 Å². The first-order valence-corrected chi connectivity index (χ1v) is 5.59. The quantitative estimate of drug-likeness (QED) is 0.452. The molecule has 2 saturated heterocycles. The highest BCUT2D eigenvalue weighted by atomic mass is 16.5. The predicted octanol–water partition coefficient (Wildman–Crippen LogP) is -1.72. The molecular formula is C11H13NO5. The van der Waals surface area contributed by atoms with E-state index in [2.05, 4.69) is 0 Å². The van der Waals surface area contributed by atoms with Crippen LogP contribution in [-0.2, 0) is 14.3 Å². The average Bonchev–Trinajstić information content (AvgIpc) is 2.96. The molecule has 0 spiro atoms. The Labute approximate surface area is 97.5 Å². The van der Waals surface area contributed by atoms with Gasteiger partial charge in [0, 0.05) is 0 Å². The van der Waals surface area contributed by atoms with Crippen LogP contribution in [0.1, 0.15) is 0 Å². The molecule has 2 N–H and O–H groups in total. The van der Waals surface area contributed by atoms with Crippen molar-refractivity contribution in [3.63, 3.8) is 0 Å². The molecule has 6 heteroatoms. The van der Waals surface area contributed by atoms with Crippen LogP contribution in [0.5, 0.6) is 0 Å². The zero-order valence-corrected chi connectivity index (χ0v) is 9.07. The van der Waals surface area contributed by atoms with Gasteiger partial charge in [-0.3, -0.25) is 14.5 Å². The molecule has 6 nitrogen and oxygen atoms in total. The van der Waals surface area contributed by atoms with Crippen molar-refractivity contribution in [2.75, 3.05) is 19.8 Å². The molecule has 3 rings (SSSR count). The van der Waals surface area contributed by atoms with Crippen molar-refractivity contribution in [2.45, 2.75) is 11.7 Å². The van der Waals surface area contributed by atoms with Crippen LogP contribution in [0, 0.1) is 11.8 Å². The fourth-order valence-corrected chi connectivity index (χ4v) is 3.06. The molecule has 0 saturated carbocycles. The summed E-state index contributed by atoms with van der Waals surface area (Å²) in [6.45, 7) is -0.548. The minimum atomic E-state index is -1.04. The first-order valence-electron chi connectivity index (χ1n) is 5.59. The van der Waals surface area contributed by atoms with Crippen LogP contribution in [-0.4, -0.2) is 58.4 Å². The van der Waals surface area contributed by atoms with Gasteiger partial charge in [0.15, 0.2) is 0 Å². The summed E-state index contributed by atoms with van der Waals surface area (Å²) in [6, 6.07) is 0. The lowest BCUT2D eigenvalue weighted by molar-refractivity contribution is -0.145. The lowest BCUT2D eigenvalue weighted by Crippen LogP contribution is -2.43. The van der Waals surface area contributed by atoms with Gasteiger partial charge >= 0.3 is 0 Å². The topological polar surface area (TPSA) is 87.1 Å². The molecule has 2 fully saturated rings. The van der Waals surface area contributed by atoms with Crippen LogP contribution in [0.15, 0.2) is 12.2 Å². The monoisotopic (exact) mass is 239 g/mol. The number of ether oxygens (including phenoxy) is 1. The number of aliphatic hydroxyl groups excluding tert-OH is 2. The summed E-state index contributed by atoms with van der Waals surface area (Å²) in [5, 5.41) is 18.3. The van der Waals surface area contributed by atoms with Gasteiger partial charge in [-0.05, 0) is 0 Å². The van der Waals surface area contributed by atoms with E-state index in [9.17, 15) is 14.7 Å². The normalized spacial score (nSPS) is 42.7. The number of rotatable bonds is 3. The molecule has 3 aliphatic rings. The van der Waals surface area contributed by atoms with Gasteiger partial charge < -0.3 is 14.9 Å². The zero-order valence-electron chi connectivity index (χ0n) is 9.07. The summed E-state index contributed by atoms with van der Waals surface area (Å²) in [6.07, 6.45) is 2.98. The summed E-state index contributed by atoms with van der Waals surface area (Å²) < 4.78 is 5.55. The molecule has 3 aliphatic heterocycles. The van der Waals surface area contributed by atoms with E-state index in [4.69, 9.17) is 9.84 Å². The predicted molar refractivity (Wildman–Crippen MR) is 54.6 cm³/mol. The third-order valence-corrected chi connectivity index (χ3v) is 3.82. The van der Waals surface area contributed by atoms with Crippen LogP contribution in [0.25, 0.3) is 0 Å². The van der Waals surface area contributed by atoms with E-state index in [0.717, 1.165) is 4.90 Å². The molecule has 0 aromatic carbocycles. The molecule has 4 unspecified atom stereocenters. The summed E-state index contributed by atoms with van der Waals surface area (Å²) >= 11 is 0. The van der Waals surface area contributed by atoms with E-state index in [0.29, 0.717) is 0 Å². The Balaban J connectivity index is 1.99. The molecule has 0 radical (unpaired) electrons. The smallest absolute Gasteiger partial charge is 0.236 e. The number of carbonyl (C=O) groups excluding carboxylic acids is 2. The number of fused-ring (bicyclic) bond motifs is 5. The average molecular weight is 239 g/mol. The van der Waals surface area contributed by atoms with Gasteiger partial charge in [-0.15, -0.1) is 0 Å². The summed E-state index contributed by atoms with van der Waals surface area (Å²) in [5.41, 5.74) is -1.04. The van der Waals surface area contributed by atoms with Gasteiger partial charge in [0.05, 0.1) is 37.7 Å². The highest BCUT2D eigenvalue weighted by Gasteiger charge is 2.67. The van der Waals surface area contributed by atoms with Gasteiger partial charge in [0.25, 0.3) is 0 Å². The lowest BCUT2D eigenvalue weighted by atomic mass is 9.77.